The first-order valence-electron chi connectivity index (χ1n) is 10.3. The van der Waals surface area contributed by atoms with Gasteiger partial charge >= 0.3 is 0 Å². The molecule has 30 heavy (non-hydrogen) atoms. The van der Waals surface area contributed by atoms with Gasteiger partial charge in [0.1, 0.15) is 17.7 Å². The second kappa shape index (κ2) is 7.93. The fourth-order valence-electron chi connectivity index (χ4n) is 5.08. The van der Waals surface area contributed by atoms with Crippen molar-refractivity contribution in [2.45, 2.75) is 56.4 Å². The number of nitrogens with two attached hydrogens (primary N) is 1. The van der Waals surface area contributed by atoms with E-state index in [2.05, 4.69) is 6.07 Å². The highest BCUT2D eigenvalue weighted by Crippen LogP contribution is 2.38. The monoisotopic (exact) mass is 417 g/mol. The molecule has 4 rings (SSSR count). The number of halogens is 2. The first kappa shape index (κ1) is 20.7. The molecule has 3 saturated heterocycles. The number of rotatable bonds is 5. The van der Waals surface area contributed by atoms with Crippen molar-refractivity contribution in [3.05, 3.63) is 35.4 Å². The zero-order valence-electron chi connectivity index (χ0n) is 16.8. The number of hydrogen-bond donors (Lipinski definition) is 1. The summed E-state index contributed by atoms with van der Waals surface area (Å²) in [7, 11) is 0. The van der Waals surface area contributed by atoms with Gasteiger partial charge in [0.2, 0.25) is 11.8 Å². The number of nitriles is 1. The third-order valence-electron chi connectivity index (χ3n) is 6.53. The van der Waals surface area contributed by atoms with E-state index in [1.165, 1.54) is 17.0 Å². The lowest BCUT2D eigenvalue weighted by Gasteiger charge is -2.38. The summed E-state index contributed by atoms with van der Waals surface area (Å²) in [6, 6.07) is 3.30. The van der Waals surface area contributed by atoms with Crippen molar-refractivity contribution in [1.82, 2.24) is 14.7 Å². The lowest BCUT2D eigenvalue weighted by molar-refractivity contribution is -0.141. The molecule has 2 amide bonds. The predicted molar refractivity (Wildman–Crippen MR) is 104 cm³/mol. The molecule has 1 aromatic carbocycles. The second-order valence-electron chi connectivity index (χ2n) is 8.41. The van der Waals surface area contributed by atoms with Crippen molar-refractivity contribution < 1.29 is 18.4 Å². The summed E-state index contributed by atoms with van der Waals surface area (Å²) in [5.41, 5.74) is 6.56. The summed E-state index contributed by atoms with van der Waals surface area (Å²) < 4.78 is 27.2. The third kappa shape index (κ3) is 3.55. The molecule has 3 aliphatic heterocycles. The number of likely N-dealkylation sites (tertiary alicyclic amines) is 3. The Balaban J connectivity index is 1.41. The summed E-state index contributed by atoms with van der Waals surface area (Å²) >= 11 is 0. The molecule has 9 heteroatoms. The number of fused-ring (bicyclic) bond motifs is 2. The molecule has 1 aromatic rings. The van der Waals surface area contributed by atoms with Crippen LogP contribution in [0.25, 0.3) is 0 Å². The molecule has 160 valence electrons. The quantitative estimate of drug-likeness (QED) is 0.776. The lowest BCUT2D eigenvalue weighted by atomic mass is 10.0. The van der Waals surface area contributed by atoms with E-state index in [1.807, 2.05) is 4.90 Å². The van der Waals surface area contributed by atoms with Crippen molar-refractivity contribution in [2.75, 3.05) is 19.6 Å². The average Bonchev–Trinajstić information content (AvgIpc) is 3.40. The zero-order chi connectivity index (χ0) is 21.6. The second-order valence-corrected chi connectivity index (χ2v) is 8.41. The molecule has 0 aromatic heterocycles. The maximum absolute atomic E-state index is 13.6. The molecule has 5 atom stereocenters. The molecule has 2 bridgehead atoms. The molecular weight excluding hydrogens is 392 g/mol. The minimum atomic E-state index is -0.797. The Morgan fingerprint density at radius 2 is 2.03 bits per heavy atom. The van der Waals surface area contributed by atoms with Crippen LogP contribution in [0.1, 0.15) is 37.8 Å². The van der Waals surface area contributed by atoms with Crippen molar-refractivity contribution in [3.63, 3.8) is 0 Å². The summed E-state index contributed by atoms with van der Waals surface area (Å²) in [5, 5.41) is 9.19. The van der Waals surface area contributed by atoms with Crippen molar-refractivity contribution in [1.29, 1.82) is 5.26 Å². The molecule has 0 aliphatic carbocycles. The lowest BCUT2D eigenvalue weighted by Crippen LogP contribution is -2.56. The Bertz CT molecular complexity index is 884. The van der Waals surface area contributed by atoms with E-state index in [9.17, 15) is 23.6 Å². The van der Waals surface area contributed by atoms with E-state index >= 15 is 0 Å². The van der Waals surface area contributed by atoms with Crippen molar-refractivity contribution >= 4 is 11.8 Å². The Morgan fingerprint density at radius 3 is 2.67 bits per heavy atom. The van der Waals surface area contributed by atoms with Crippen LogP contribution in [0.4, 0.5) is 8.78 Å². The van der Waals surface area contributed by atoms with Gasteiger partial charge in [0, 0.05) is 31.7 Å². The highest BCUT2D eigenvalue weighted by molar-refractivity contribution is 5.87. The topological polar surface area (TPSA) is 93.7 Å². The van der Waals surface area contributed by atoms with Crippen LogP contribution in [-0.4, -0.2) is 70.3 Å². The van der Waals surface area contributed by atoms with Gasteiger partial charge in [-0.05, 0) is 43.9 Å². The minimum Gasteiger partial charge on any atom is -0.330 e. The van der Waals surface area contributed by atoms with Gasteiger partial charge in [0.15, 0.2) is 0 Å². The number of carbonyl (C=O) groups excluding carboxylic acids is 2. The molecule has 3 aliphatic rings. The van der Waals surface area contributed by atoms with Gasteiger partial charge in [0.05, 0.1) is 24.2 Å². The summed E-state index contributed by atoms with van der Waals surface area (Å²) in [6.45, 7) is 3.10. The molecule has 0 spiro atoms. The number of amides is 2. The molecule has 0 radical (unpaired) electrons. The van der Waals surface area contributed by atoms with Crippen LogP contribution in [-0.2, 0) is 9.59 Å². The number of hydrogen-bond acceptors (Lipinski definition) is 5. The number of carbonyl (C=O) groups is 2. The van der Waals surface area contributed by atoms with Crippen LogP contribution in [0.3, 0.4) is 0 Å². The largest absolute Gasteiger partial charge is 0.330 e. The Hall–Kier alpha value is -2.57. The van der Waals surface area contributed by atoms with Crippen LogP contribution in [0, 0.1) is 23.0 Å². The van der Waals surface area contributed by atoms with Gasteiger partial charge in [-0.2, -0.15) is 5.26 Å². The van der Waals surface area contributed by atoms with Gasteiger partial charge in [-0.25, -0.2) is 8.78 Å². The number of nitrogens with zero attached hydrogens (tertiary/aromatic N) is 4. The fourth-order valence-corrected chi connectivity index (χ4v) is 5.08. The maximum Gasteiger partial charge on any atom is 0.241 e. The molecule has 7 nitrogen and oxygen atoms in total. The van der Waals surface area contributed by atoms with E-state index < -0.39 is 29.8 Å². The van der Waals surface area contributed by atoms with Gasteiger partial charge in [-0.3, -0.25) is 14.5 Å². The maximum atomic E-state index is 13.6. The first-order valence-corrected chi connectivity index (χ1v) is 10.3. The molecular formula is C21H25F2N5O2. The number of benzene rings is 1. The van der Waals surface area contributed by atoms with Gasteiger partial charge in [-0.15, -0.1) is 0 Å². The normalized spacial score (nSPS) is 28.1. The van der Waals surface area contributed by atoms with Crippen LogP contribution >= 0.6 is 0 Å². The summed E-state index contributed by atoms with van der Waals surface area (Å²) in [5.74, 6) is -1.71. The van der Waals surface area contributed by atoms with Crippen LogP contribution < -0.4 is 5.73 Å². The molecule has 3 fully saturated rings. The summed E-state index contributed by atoms with van der Waals surface area (Å²) in [4.78, 5) is 30.8. The Kier molecular flexibility index (Phi) is 5.47. The highest BCUT2D eigenvalue weighted by atomic mass is 19.1. The molecule has 3 heterocycles. The van der Waals surface area contributed by atoms with E-state index in [0.717, 1.165) is 12.5 Å². The van der Waals surface area contributed by atoms with E-state index in [-0.39, 0.29) is 30.4 Å². The SMILES string of the molecule is C[C@@H](c1cc(F)cc(F)c1)N1C(=O)C2CC1CN2CC(N)C(=O)N1CCCC1C#N. The Labute approximate surface area is 174 Å². The van der Waals surface area contributed by atoms with Gasteiger partial charge < -0.3 is 15.5 Å². The standard InChI is InChI=1S/C21H25F2N5O2/c1-12(13-5-14(22)7-15(23)6-13)28-17-8-19(21(28)30)26(10-17)11-18(25)20(29)27-4-2-3-16(27)9-24/h5-7,12,16-19H,2-4,8,10-11,25H2,1H3/t12-,16?,17?,18?,19?/m0/s1. The van der Waals surface area contributed by atoms with Gasteiger partial charge in [0.25, 0.3) is 0 Å². The van der Waals surface area contributed by atoms with Gasteiger partial charge in [-0.1, -0.05) is 0 Å². The highest BCUT2D eigenvalue weighted by Gasteiger charge is 2.51. The number of piperazine rings is 1. The predicted octanol–water partition coefficient (Wildman–Crippen LogP) is 1.15. The third-order valence-corrected chi connectivity index (χ3v) is 6.53. The van der Waals surface area contributed by atoms with E-state index in [4.69, 9.17) is 5.73 Å². The smallest absolute Gasteiger partial charge is 0.241 e. The van der Waals surface area contributed by atoms with Crippen molar-refractivity contribution in [2.24, 2.45) is 5.73 Å². The first-order chi connectivity index (χ1) is 14.3. The molecule has 0 saturated carbocycles. The van der Waals surface area contributed by atoms with Crippen LogP contribution in [0.15, 0.2) is 18.2 Å². The van der Waals surface area contributed by atoms with Crippen LogP contribution in [0.2, 0.25) is 0 Å². The fraction of sp³-hybridized carbons (Fsp3) is 0.571. The minimum absolute atomic E-state index is 0.0928. The van der Waals surface area contributed by atoms with E-state index in [1.54, 1.807) is 11.8 Å². The Morgan fingerprint density at radius 1 is 1.33 bits per heavy atom. The van der Waals surface area contributed by atoms with Crippen LogP contribution in [0.5, 0.6) is 0 Å². The average molecular weight is 417 g/mol. The molecule has 2 N–H and O–H groups in total. The van der Waals surface area contributed by atoms with E-state index in [0.29, 0.717) is 31.5 Å². The molecule has 4 unspecified atom stereocenters. The zero-order valence-corrected chi connectivity index (χ0v) is 16.8. The van der Waals surface area contributed by atoms with Crippen molar-refractivity contribution in [3.8, 4) is 6.07 Å². The summed E-state index contributed by atoms with van der Waals surface area (Å²) in [6.07, 6.45) is 2.05.